The SMILES string of the molecule is Cc1c(O)n(CC(C)C(C)C)c(=O)[nH]c1=O. The molecule has 5 nitrogen and oxygen atoms in total. The Morgan fingerprint density at radius 3 is 2.38 bits per heavy atom. The van der Waals surface area contributed by atoms with Gasteiger partial charge in [0.1, 0.15) is 0 Å². The monoisotopic (exact) mass is 226 g/mol. The third-order valence-corrected chi connectivity index (χ3v) is 3.01. The fourth-order valence-corrected chi connectivity index (χ4v) is 1.33. The second-order valence-electron chi connectivity index (χ2n) is 4.54. The maximum Gasteiger partial charge on any atom is 0.331 e. The first-order valence-corrected chi connectivity index (χ1v) is 5.37. The Morgan fingerprint density at radius 2 is 1.88 bits per heavy atom. The molecule has 0 aliphatic rings. The van der Waals surface area contributed by atoms with Gasteiger partial charge in [-0.3, -0.25) is 14.3 Å². The topological polar surface area (TPSA) is 75.1 Å². The van der Waals surface area contributed by atoms with Gasteiger partial charge in [0.25, 0.3) is 5.56 Å². The van der Waals surface area contributed by atoms with Crippen molar-refractivity contribution < 1.29 is 5.11 Å². The average Bonchev–Trinajstić information content (AvgIpc) is 2.20. The van der Waals surface area contributed by atoms with Crippen molar-refractivity contribution in [2.24, 2.45) is 11.8 Å². The fourth-order valence-electron chi connectivity index (χ4n) is 1.33. The van der Waals surface area contributed by atoms with Crippen LogP contribution in [-0.2, 0) is 6.54 Å². The highest BCUT2D eigenvalue weighted by Gasteiger charge is 2.14. The van der Waals surface area contributed by atoms with Crippen LogP contribution in [0.2, 0.25) is 0 Å². The lowest BCUT2D eigenvalue weighted by Crippen LogP contribution is -2.33. The maximum absolute atomic E-state index is 11.5. The number of aromatic hydroxyl groups is 1. The number of H-pyrrole nitrogens is 1. The summed E-state index contributed by atoms with van der Waals surface area (Å²) in [6.07, 6.45) is 0. The highest BCUT2D eigenvalue weighted by atomic mass is 16.3. The molecule has 0 fully saturated rings. The van der Waals surface area contributed by atoms with Crippen LogP contribution in [0, 0.1) is 18.8 Å². The zero-order chi connectivity index (χ0) is 12.5. The zero-order valence-electron chi connectivity index (χ0n) is 10.1. The van der Waals surface area contributed by atoms with E-state index in [2.05, 4.69) is 4.98 Å². The molecule has 1 rings (SSSR count). The van der Waals surface area contributed by atoms with E-state index in [1.54, 1.807) is 0 Å². The van der Waals surface area contributed by atoms with Crippen molar-refractivity contribution >= 4 is 0 Å². The summed E-state index contributed by atoms with van der Waals surface area (Å²) < 4.78 is 1.21. The van der Waals surface area contributed by atoms with E-state index in [0.29, 0.717) is 12.5 Å². The number of nitrogens with one attached hydrogen (secondary N) is 1. The Kier molecular flexibility index (Phi) is 3.57. The van der Waals surface area contributed by atoms with Crippen molar-refractivity contribution in [3.63, 3.8) is 0 Å². The van der Waals surface area contributed by atoms with E-state index < -0.39 is 11.2 Å². The van der Waals surface area contributed by atoms with Gasteiger partial charge in [-0.05, 0) is 18.8 Å². The van der Waals surface area contributed by atoms with Crippen LogP contribution < -0.4 is 11.2 Å². The molecule has 1 aromatic rings. The van der Waals surface area contributed by atoms with Crippen LogP contribution in [0.15, 0.2) is 9.59 Å². The zero-order valence-corrected chi connectivity index (χ0v) is 10.1. The molecule has 0 saturated carbocycles. The Bertz CT molecular complexity index is 485. The predicted molar refractivity (Wildman–Crippen MR) is 61.7 cm³/mol. The maximum atomic E-state index is 11.5. The highest BCUT2D eigenvalue weighted by molar-refractivity contribution is 5.20. The van der Waals surface area contributed by atoms with E-state index in [1.807, 2.05) is 20.8 Å². The molecule has 0 radical (unpaired) electrons. The quantitative estimate of drug-likeness (QED) is 0.802. The first kappa shape index (κ1) is 12.5. The van der Waals surface area contributed by atoms with Gasteiger partial charge in [-0.15, -0.1) is 0 Å². The molecule has 90 valence electrons. The Hall–Kier alpha value is -1.52. The average molecular weight is 226 g/mol. The third kappa shape index (κ3) is 2.35. The van der Waals surface area contributed by atoms with Gasteiger partial charge in [-0.25, -0.2) is 4.79 Å². The summed E-state index contributed by atoms with van der Waals surface area (Å²) in [6.45, 7) is 7.98. The lowest BCUT2D eigenvalue weighted by molar-refractivity contribution is 0.319. The van der Waals surface area contributed by atoms with Gasteiger partial charge in [0.05, 0.1) is 5.56 Å². The summed E-state index contributed by atoms with van der Waals surface area (Å²) in [5.41, 5.74) is -0.910. The Balaban J connectivity index is 3.20. The molecule has 1 atom stereocenters. The van der Waals surface area contributed by atoms with E-state index in [4.69, 9.17) is 0 Å². The number of hydrogen-bond donors (Lipinski definition) is 2. The standard InChI is InChI=1S/C11H18N2O3/c1-6(2)7(3)5-13-10(15)8(4)9(14)12-11(13)16/h6-7,15H,5H2,1-4H3,(H,12,14,16). The summed E-state index contributed by atoms with van der Waals surface area (Å²) in [7, 11) is 0. The summed E-state index contributed by atoms with van der Waals surface area (Å²) in [5.74, 6) is 0.411. The molecular formula is C11H18N2O3. The number of rotatable bonds is 3. The first-order chi connectivity index (χ1) is 7.34. The Labute approximate surface area is 93.8 Å². The number of hydrogen-bond acceptors (Lipinski definition) is 3. The van der Waals surface area contributed by atoms with Crippen LogP contribution in [0.25, 0.3) is 0 Å². The summed E-state index contributed by atoms with van der Waals surface area (Å²) >= 11 is 0. The molecule has 0 aliphatic heterocycles. The molecule has 1 aromatic heterocycles. The van der Waals surface area contributed by atoms with Crippen molar-refractivity contribution in [1.29, 1.82) is 0 Å². The van der Waals surface area contributed by atoms with Crippen LogP contribution in [0.5, 0.6) is 5.88 Å². The molecule has 1 heterocycles. The smallest absolute Gasteiger partial charge is 0.331 e. The van der Waals surface area contributed by atoms with Crippen molar-refractivity contribution in [2.75, 3.05) is 0 Å². The van der Waals surface area contributed by atoms with Crippen molar-refractivity contribution in [3.05, 3.63) is 26.4 Å². The molecule has 0 spiro atoms. The second-order valence-corrected chi connectivity index (χ2v) is 4.54. The summed E-state index contributed by atoms with van der Waals surface area (Å²) in [4.78, 5) is 24.9. The van der Waals surface area contributed by atoms with Gasteiger partial charge in [0.2, 0.25) is 5.88 Å². The van der Waals surface area contributed by atoms with Crippen LogP contribution >= 0.6 is 0 Å². The predicted octanol–water partition coefficient (Wildman–Crippen LogP) is 0.843. The molecule has 16 heavy (non-hydrogen) atoms. The third-order valence-electron chi connectivity index (χ3n) is 3.01. The van der Waals surface area contributed by atoms with Crippen LogP contribution in [0.4, 0.5) is 0 Å². The molecule has 2 N–H and O–H groups in total. The lowest BCUT2D eigenvalue weighted by atomic mass is 9.98. The molecule has 0 saturated heterocycles. The van der Waals surface area contributed by atoms with Gasteiger partial charge in [-0.1, -0.05) is 20.8 Å². The molecule has 1 unspecified atom stereocenters. The molecule has 0 aliphatic carbocycles. The number of aromatic nitrogens is 2. The van der Waals surface area contributed by atoms with E-state index in [1.165, 1.54) is 11.5 Å². The molecule has 0 aromatic carbocycles. The summed E-state index contributed by atoms with van der Waals surface area (Å²) in [5, 5.41) is 9.73. The number of nitrogens with zero attached hydrogens (tertiary/aromatic N) is 1. The van der Waals surface area contributed by atoms with E-state index >= 15 is 0 Å². The normalized spacial score (nSPS) is 13.1. The molecular weight excluding hydrogens is 208 g/mol. The van der Waals surface area contributed by atoms with Gasteiger partial charge in [0.15, 0.2) is 0 Å². The van der Waals surface area contributed by atoms with Crippen LogP contribution in [0.1, 0.15) is 26.3 Å². The van der Waals surface area contributed by atoms with Crippen molar-refractivity contribution in [2.45, 2.75) is 34.2 Å². The van der Waals surface area contributed by atoms with E-state index in [9.17, 15) is 14.7 Å². The van der Waals surface area contributed by atoms with Crippen molar-refractivity contribution in [3.8, 4) is 5.88 Å². The second kappa shape index (κ2) is 4.55. The van der Waals surface area contributed by atoms with Gasteiger partial charge >= 0.3 is 5.69 Å². The van der Waals surface area contributed by atoms with E-state index in [0.717, 1.165) is 0 Å². The summed E-state index contributed by atoms with van der Waals surface area (Å²) in [6, 6.07) is 0. The minimum atomic E-state index is -0.555. The minimum absolute atomic E-state index is 0.176. The molecule has 0 amide bonds. The highest BCUT2D eigenvalue weighted by Crippen LogP contribution is 2.15. The Morgan fingerprint density at radius 1 is 1.31 bits per heavy atom. The largest absolute Gasteiger partial charge is 0.494 e. The number of aromatic amines is 1. The van der Waals surface area contributed by atoms with Gasteiger partial charge in [0, 0.05) is 6.54 Å². The van der Waals surface area contributed by atoms with Gasteiger partial charge in [-0.2, -0.15) is 0 Å². The minimum Gasteiger partial charge on any atom is -0.494 e. The molecule has 0 bridgehead atoms. The van der Waals surface area contributed by atoms with Gasteiger partial charge < -0.3 is 5.11 Å². The molecule has 5 heteroatoms. The van der Waals surface area contributed by atoms with Crippen molar-refractivity contribution in [1.82, 2.24) is 9.55 Å². The lowest BCUT2D eigenvalue weighted by Gasteiger charge is -2.18. The van der Waals surface area contributed by atoms with Crippen LogP contribution in [-0.4, -0.2) is 14.7 Å². The van der Waals surface area contributed by atoms with E-state index in [-0.39, 0.29) is 17.4 Å². The first-order valence-electron chi connectivity index (χ1n) is 5.37. The fraction of sp³-hybridized carbons (Fsp3) is 0.636. The van der Waals surface area contributed by atoms with Crippen LogP contribution in [0.3, 0.4) is 0 Å².